The Kier molecular flexibility index (Phi) is 5.99. The molecule has 1 aromatic heterocycles. The summed E-state index contributed by atoms with van der Waals surface area (Å²) in [4.78, 5) is 4.52. The lowest BCUT2D eigenvalue weighted by Gasteiger charge is -2.34. The largest absolute Gasteiger partial charge is 0.396 e. The molecule has 0 amide bonds. The van der Waals surface area contributed by atoms with Crippen LogP contribution < -0.4 is 5.32 Å². The summed E-state index contributed by atoms with van der Waals surface area (Å²) >= 11 is 0. The van der Waals surface area contributed by atoms with E-state index in [9.17, 15) is 5.11 Å². The number of pyridine rings is 1. The summed E-state index contributed by atoms with van der Waals surface area (Å²) in [5.74, 6) is 1.03. The summed E-state index contributed by atoms with van der Waals surface area (Å²) < 4.78 is 0. The van der Waals surface area contributed by atoms with E-state index in [4.69, 9.17) is 0 Å². The van der Waals surface area contributed by atoms with Crippen molar-refractivity contribution in [2.75, 3.05) is 6.61 Å². The number of hydrogen-bond acceptors (Lipinski definition) is 3. The standard InChI is InChI=1S/C17H28N2O/c1-13(2)11-17(16-9-5-6-10-18-16)19-15-8-4-3-7-14(15)12-20/h5-6,9-10,13-15,17,19-20H,3-4,7-8,11-12H2,1-2H3. The zero-order valence-corrected chi connectivity index (χ0v) is 12.8. The van der Waals surface area contributed by atoms with Crippen LogP contribution in [0.5, 0.6) is 0 Å². The van der Waals surface area contributed by atoms with Crippen LogP contribution in [0.4, 0.5) is 0 Å². The van der Waals surface area contributed by atoms with Gasteiger partial charge in [-0.1, -0.05) is 32.8 Å². The first kappa shape index (κ1) is 15.5. The van der Waals surface area contributed by atoms with Gasteiger partial charge in [0.05, 0.1) is 5.69 Å². The Morgan fingerprint density at radius 2 is 2.10 bits per heavy atom. The van der Waals surface area contributed by atoms with Gasteiger partial charge in [-0.25, -0.2) is 0 Å². The monoisotopic (exact) mass is 276 g/mol. The zero-order valence-electron chi connectivity index (χ0n) is 12.8. The van der Waals surface area contributed by atoms with Crippen LogP contribution in [0.1, 0.15) is 57.7 Å². The lowest BCUT2D eigenvalue weighted by atomic mass is 9.84. The van der Waals surface area contributed by atoms with Gasteiger partial charge < -0.3 is 10.4 Å². The van der Waals surface area contributed by atoms with Gasteiger partial charge in [0, 0.05) is 24.9 Å². The number of aromatic nitrogens is 1. The third kappa shape index (κ3) is 4.29. The SMILES string of the molecule is CC(C)CC(NC1CCCCC1CO)c1ccccn1. The molecule has 3 unspecified atom stereocenters. The molecule has 1 heterocycles. The molecule has 3 heteroatoms. The molecule has 112 valence electrons. The van der Waals surface area contributed by atoms with Crippen LogP contribution in [0.25, 0.3) is 0 Å². The summed E-state index contributed by atoms with van der Waals surface area (Å²) in [6.45, 7) is 4.80. The third-order valence-corrected chi connectivity index (χ3v) is 4.31. The van der Waals surface area contributed by atoms with Crippen LogP contribution in [-0.4, -0.2) is 22.7 Å². The lowest BCUT2D eigenvalue weighted by Crippen LogP contribution is -2.42. The van der Waals surface area contributed by atoms with E-state index in [1.165, 1.54) is 19.3 Å². The van der Waals surface area contributed by atoms with Crippen molar-refractivity contribution in [2.24, 2.45) is 11.8 Å². The number of hydrogen-bond donors (Lipinski definition) is 2. The molecule has 2 rings (SSSR count). The van der Waals surface area contributed by atoms with Crippen molar-refractivity contribution in [1.29, 1.82) is 0 Å². The van der Waals surface area contributed by atoms with E-state index in [1.807, 2.05) is 12.3 Å². The van der Waals surface area contributed by atoms with Crippen LogP contribution in [-0.2, 0) is 0 Å². The summed E-state index contributed by atoms with van der Waals surface area (Å²) in [6, 6.07) is 6.86. The Bertz CT molecular complexity index is 380. The molecule has 0 bridgehead atoms. The molecular weight excluding hydrogens is 248 g/mol. The Hall–Kier alpha value is -0.930. The molecule has 1 aliphatic rings. The van der Waals surface area contributed by atoms with Crippen molar-refractivity contribution in [3.63, 3.8) is 0 Å². The van der Waals surface area contributed by atoms with Crippen LogP contribution in [0.2, 0.25) is 0 Å². The van der Waals surface area contributed by atoms with Crippen LogP contribution >= 0.6 is 0 Å². The van der Waals surface area contributed by atoms with Gasteiger partial charge in [0.15, 0.2) is 0 Å². The van der Waals surface area contributed by atoms with E-state index in [0.29, 0.717) is 30.5 Å². The molecule has 3 atom stereocenters. The Balaban J connectivity index is 2.07. The zero-order chi connectivity index (χ0) is 14.4. The van der Waals surface area contributed by atoms with E-state index >= 15 is 0 Å². The minimum Gasteiger partial charge on any atom is -0.396 e. The van der Waals surface area contributed by atoms with E-state index in [1.54, 1.807) is 0 Å². The lowest BCUT2D eigenvalue weighted by molar-refractivity contribution is 0.142. The molecule has 1 saturated carbocycles. The molecule has 2 N–H and O–H groups in total. The van der Waals surface area contributed by atoms with Crippen molar-refractivity contribution in [2.45, 2.75) is 58.0 Å². The Labute approximate surface area is 122 Å². The molecule has 0 saturated heterocycles. The molecule has 1 aliphatic carbocycles. The summed E-state index contributed by atoms with van der Waals surface area (Å²) in [5, 5.41) is 13.4. The van der Waals surface area contributed by atoms with Crippen molar-refractivity contribution in [3.8, 4) is 0 Å². The van der Waals surface area contributed by atoms with Crippen LogP contribution in [0.3, 0.4) is 0 Å². The maximum absolute atomic E-state index is 9.57. The summed E-state index contributed by atoms with van der Waals surface area (Å²) in [6.07, 6.45) is 7.80. The summed E-state index contributed by atoms with van der Waals surface area (Å²) in [5.41, 5.74) is 1.13. The number of aliphatic hydroxyl groups excluding tert-OH is 1. The van der Waals surface area contributed by atoms with Crippen molar-refractivity contribution < 1.29 is 5.11 Å². The quantitative estimate of drug-likeness (QED) is 0.838. The second kappa shape index (κ2) is 7.75. The molecule has 0 spiro atoms. The van der Waals surface area contributed by atoms with Crippen molar-refractivity contribution >= 4 is 0 Å². The highest BCUT2D eigenvalue weighted by Gasteiger charge is 2.27. The smallest absolute Gasteiger partial charge is 0.0573 e. The van der Waals surface area contributed by atoms with Gasteiger partial charge in [-0.3, -0.25) is 4.98 Å². The molecule has 1 fully saturated rings. The minimum atomic E-state index is 0.299. The van der Waals surface area contributed by atoms with E-state index < -0.39 is 0 Å². The fraction of sp³-hybridized carbons (Fsp3) is 0.706. The molecule has 1 aromatic rings. The van der Waals surface area contributed by atoms with Crippen LogP contribution in [0.15, 0.2) is 24.4 Å². The predicted molar refractivity (Wildman–Crippen MR) is 82.4 cm³/mol. The summed E-state index contributed by atoms with van der Waals surface area (Å²) in [7, 11) is 0. The fourth-order valence-corrected chi connectivity index (χ4v) is 3.23. The number of rotatable bonds is 6. The Morgan fingerprint density at radius 3 is 2.75 bits per heavy atom. The Morgan fingerprint density at radius 1 is 1.30 bits per heavy atom. The maximum atomic E-state index is 9.57. The first-order valence-electron chi connectivity index (χ1n) is 7.98. The van der Waals surface area contributed by atoms with Gasteiger partial charge in [0.25, 0.3) is 0 Å². The molecular formula is C17H28N2O. The second-order valence-corrected chi connectivity index (χ2v) is 6.44. The minimum absolute atomic E-state index is 0.299. The normalized spacial score (nSPS) is 24.8. The van der Waals surface area contributed by atoms with Gasteiger partial charge in [-0.15, -0.1) is 0 Å². The van der Waals surface area contributed by atoms with Gasteiger partial charge in [0.1, 0.15) is 0 Å². The second-order valence-electron chi connectivity index (χ2n) is 6.44. The number of nitrogens with zero attached hydrogens (tertiary/aromatic N) is 1. The van der Waals surface area contributed by atoms with E-state index in [2.05, 4.69) is 36.3 Å². The van der Waals surface area contributed by atoms with Gasteiger partial charge in [-0.2, -0.15) is 0 Å². The first-order valence-corrected chi connectivity index (χ1v) is 7.98. The van der Waals surface area contributed by atoms with Crippen molar-refractivity contribution in [3.05, 3.63) is 30.1 Å². The average molecular weight is 276 g/mol. The highest BCUT2D eigenvalue weighted by Crippen LogP contribution is 2.28. The highest BCUT2D eigenvalue weighted by molar-refractivity contribution is 5.09. The van der Waals surface area contributed by atoms with Gasteiger partial charge in [0.2, 0.25) is 0 Å². The molecule has 0 aliphatic heterocycles. The third-order valence-electron chi connectivity index (χ3n) is 4.31. The molecule has 20 heavy (non-hydrogen) atoms. The first-order chi connectivity index (χ1) is 9.70. The van der Waals surface area contributed by atoms with Crippen molar-refractivity contribution in [1.82, 2.24) is 10.3 Å². The predicted octanol–water partition coefficient (Wildman–Crippen LogP) is 3.31. The molecule has 0 radical (unpaired) electrons. The van der Waals surface area contributed by atoms with Gasteiger partial charge in [-0.05, 0) is 43.2 Å². The number of aliphatic hydroxyl groups is 1. The van der Waals surface area contributed by atoms with Gasteiger partial charge >= 0.3 is 0 Å². The maximum Gasteiger partial charge on any atom is 0.0573 e. The highest BCUT2D eigenvalue weighted by atomic mass is 16.3. The van der Waals surface area contributed by atoms with E-state index in [-0.39, 0.29) is 0 Å². The molecule has 3 nitrogen and oxygen atoms in total. The van der Waals surface area contributed by atoms with Crippen LogP contribution in [0, 0.1) is 11.8 Å². The topological polar surface area (TPSA) is 45.1 Å². The fourth-order valence-electron chi connectivity index (χ4n) is 3.23. The molecule has 0 aromatic carbocycles. The number of nitrogens with one attached hydrogen (secondary N) is 1. The average Bonchev–Trinajstić information content (AvgIpc) is 2.47. The van der Waals surface area contributed by atoms with E-state index in [0.717, 1.165) is 18.5 Å².